The molecule has 6 rings (SSSR count). The van der Waals surface area contributed by atoms with Crippen molar-refractivity contribution in [3.63, 3.8) is 0 Å². The molecule has 50 heavy (non-hydrogen) atoms. The zero-order valence-corrected chi connectivity index (χ0v) is 38.0. The molecule has 2 atom stereocenters. The van der Waals surface area contributed by atoms with E-state index in [1.165, 1.54) is 89.0 Å². The molecule has 263 valence electrons. The molecule has 2 aliphatic rings. The number of benzene rings is 4. The second-order valence-corrected chi connectivity index (χ2v) is 60.8. The second kappa shape index (κ2) is 12.6. The van der Waals surface area contributed by atoms with Crippen LogP contribution in [0.2, 0.25) is 13.1 Å². The summed E-state index contributed by atoms with van der Waals surface area (Å²) in [6.07, 6.45) is 4.94. The van der Waals surface area contributed by atoms with E-state index in [1.54, 1.807) is 0 Å². The van der Waals surface area contributed by atoms with Crippen LogP contribution in [0.1, 0.15) is 118 Å². The van der Waals surface area contributed by atoms with Crippen LogP contribution >= 0.6 is 17.0 Å². The van der Waals surface area contributed by atoms with Gasteiger partial charge in [-0.1, -0.05) is 0 Å². The van der Waals surface area contributed by atoms with Crippen LogP contribution in [-0.4, -0.2) is 5.92 Å². The number of hydrogen-bond donors (Lipinski definition) is 0. The van der Waals surface area contributed by atoms with Gasteiger partial charge in [0.1, 0.15) is 0 Å². The Balaban J connectivity index is 1.64. The first-order valence-electron chi connectivity index (χ1n) is 18.5. The van der Waals surface area contributed by atoms with Crippen LogP contribution < -0.4 is 0 Å². The molecule has 4 aromatic rings. The molecule has 0 fully saturated rings. The fourth-order valence-electron chi connectivity index (χ4n) is 9.61. The van der Waals surface area contributed by atoms with Crippen molar-refractivity contribution in [2.45, 2.75) is 114 Å². The van der Waals surface area contributed by atoms with Crippen LogP contribution in [0.5, 0.6) is 0 Å². The molecule has 0 nitrogen and oxygen atoms in total. The Morgan fingerprint density at radius 1 is 0.520 bits per heavy atom. The maximum atomic E-state index is 8.70. The average Bonchev–Trinajstić information content (AvgIpc) is 3.50. The number of fused-ring (bicyclic) bond motifs is 2. The summed E-state index contributed by atoms with van der Waals surface area (Å²) in [7, 11) is 17.4. The molecular formula is C46H57Cl2SiZr. The third-order valence-corrected chi connectivity index (χ3v) is 63.9. The Bertz CT molecular complexity index is 1930. The van der Waals surface area contributed by atoms with Gasteiger partial charge in [0.05, 0.1) is 0 Å². The molecular weight excluding hydrogens is 743 g/mol. The molecule has 0 amide bonds. The quantitative estimate of drug-likeness (QED) is 0.176. The minimum atomic E-state index is -4.87. The van der Waals surface area contributed by atoms with Gasteiger partial charge < -0.3 is 0 Å². The van der Waals surface area contributed by atoms with E-state index in [4.69, 9.17) is 17.0 Å². The van der Waals surface area contributed by atoms with Gasteiger partial charge in [-0.05, 0) is 0 Å². The molecule has 0 saturated carbocycles. The van der Waals surface area contributed by atoms with Gasteiger partial charge in [-0.2, -0.15) is 0 Å². The summed E-state index contributed by atoms with van der Waals surface area (Å²) in [4.78, 5) is 0. The van der Waals surface area contributed by atoms with Gasteiger partial charge >= 0.3 is 315 Å². The van der Waals surface area contributed by atoms with Gasteiger partial charge in [0.15, 0.2) is 0 Å². The third-order valence-electron chi connectivity index (χ3n) is 11.7. The van der Waals surface area contributed by atoms with E-state index in [9.17, 15) is 0 Å². The molecule has 0 aliphatic heterocycles. The summed E-state index contributed by atoms with van der Waals surface area (Å²) in [5.74, 6) is -1.66. The van der Waals surface area contributed by atoms with E-state index < -0.39 is 21.5 Å². The number of aryl methyl sites for hydroxylation is 4. The monoisotopic (exact) mass is 797 g/mol. The molecule has 0 aromatic heterocycles. The van der Waals surface area contributed by atoms with Crippen LogP contribution in [0.25, 0.3) is 34.4 Å². The Hall–Kier alpha value is -1.96. The molecule has 0 bridgehead atoms. The van der Waals surface area contributed by atoms with E-state index in [0.717, 1.165) is 0 Å². The summed E-state index contributed by atoms with van der Waals surface area (Å²) in [6, 6.07) is 23.6. The van der Waals surface area contributed by atoms with Crippen LogP contribution in [-0.2, 0) is 26.4 Å². The van der Waals surface area contributed by atoms with Gasteiger partial charge in [0.25, 0.3) is 0 Å². The van der Waals surface area contributed by atoms with E-state index >= 15 is 0 Å². The topological polar surface area (TPSA) is 0 Å². The number of allylic oxidation sites excluding steroid dienone is 2. The van der Waals surface area contributed by atoms with Crippen molar-refractivity contribution >= 4 is 35.1 Å². The average molecular weight is 800 g/mol. The third kappa shape index (κ3) is 6.07. The predicted molar refractivity (Wildman–Crippen MR) is 223 cm³/mol. The Kier molecular flexibility index (Phi) is 9.50. The van der Waals surface area contributed by atoms with E-state index in [1.807, 2.05) is 0 Å². The van der Waals surface area contributed by atoms with Gasteiger partial charge in [0.2, 0.25) is 0 Å². The van der Waals surface area contributed by atoms with Crippen molar-refractivity contribution in [1.82, 2.24) is 0 Å². The van der Waals surface area contributed by atoms with E-state index in [-0.39, 0.29) is 18.1 Å². The minimum absolute atomic E-state index is 0.0202. The first-order chi connectivity index (χ1) is 23.0. The maximum absolute atomic E-state index is 8.70. The summed E-state index contributed by atoms with van der Waals surface area (Å²) < 4.78 is 0.123. The van der Waals surface area contributed by atoms with Crippen molar-refractivity contribution in [2.75, 3.05) is 0 Å². The molecule has 2 aliphatic carbocycles. The number of halogens is 2. The van der Waals surface area contributed by atoms with Crippen molar-refractivity contribution in [2.24, 2.45) is 0 Å². The molecule has 4 heteroatoms. The fourth-order valence-corrected chi connectivity index (χ4v) is 42.5. The SMILES string of the molecule is CC1=Cc2c(ccc(C(C)(C)C)c2-c2cc(C)cc(C)c2)[CH]1[Zr]([Cl])([Cl])([CH]1C(C)=Cc2c1ccc(C(C)(C)C)c2-c1cc(C)cc(C)c1)[SiH](C)C. The summed E-state index contributed by atoms with van der Waals surface area (Å²) >= 11 is -4.87. The van der Waals surface area contributed by atoms with Crippen molar-refractivity contribution < 1.29 is 15.6 Å². The van der Waals surface area contributed by atoms with Gasteiger partial charge in [-0.3, -0.25) is 0 Å². The van der Waals surface area contributed by atoms with E-state index in [2.05, 4.69) is 169 Å². The molecule has 0 spiro atoms. The second-order valence-electron chi connectivity index (χ2n) is 18.3. The summed E-state index contributed by atoms with van der Waals surface area (Å²) in [6.45, 7) is 32.4. The Morgan fingerprint density at radius 3 is 1.12 bits per heavy atom. The predicted octanol–water partition coefficient (Wildman–Crippen LogP) is 14.4. The number of hydrogen-bond acceptors (Lipinski definition) is 0. The normalized spacial score (nSPS) is 18.5. The molecule has 0 radical (unpaired) electrons. The van der Waals surface area contributed by atoms with Gasteiger partial charge in [-0.25, -0.2) is 0 Å². The molecule has 0 saturated heterocycles. The van der Waals surface area contributed by atoms with Crippen LogP contribution in [0.15, 0.2) is 71.8 Å². The Labute approximate surface area is 312 Å². The molecule has 2 unspecified atom stereocenters. The molecule has 4 aromatic carbocycles. The van der Waals surface area contributed by atoms with Crippen LogP contribution in [0.3, 0.4) is 0 Å². The molecule has 0 N–H and O–H groups in total. The first kappa shape index (κ1) is 37.8. The van der Waals surface area contributed by atoms with Gasteiger partial charge in [0, 0.05) is 0 Å². The standard InChI is InChI=1S/2C22H25.C2H7Si.2ClH.Zr/c2*1-14-9-15(2)12-18(11-14)21-19-13-16(3)10-17(19)7-8-20(21)22(4,5)6;1-3-2;;;/h2*7-13H,1-6H3;3H,1-2H3;2*1H;/q;;;;;+2/p-2. The van der Waals surface area contributed by atoms with Crippen molar-refractivity contribution in [3.05, 3.63) is 127 Å². The van der Waals surface area contributed by atoms with Crippen molar-refractivity contribution in [1.29, 1.82) is 0 Å². The zero-order chi connectivity index (χ0) is 36.9. The van der Waals surface area contributed by atoms with Crippen LogP contribution in [0, 0.1) is 27.7 Å². The fraction of sp³-hybridized carbons (Fsp3) is 0.391. The number of rotatable bonds is 5. The van der Waals surface area contributed by atoms with E-state index in [0.29, 0.717) is 0 Å². The molecule has 0 heterocycles. The van der Waals surface area contributed by atoms with Gasteiger partial charge in [-0.15, -0.1) is 0 Å². The zero-order valence-electron chi connectivity index (χ0n) is 32.9. The Morgan fingerprint density at radius 2 is 0.840 bits per heavy atom. The van der Waals surface area contributed by atoms with Crippen LogP contribution in [0.4, 0.5) is 0 Å². The summed E-state index contributed by atoms with van der Waals surface area (Å²) in [5, 5.41) is 0. The first-order valence-corrected chi connectivity index (χ1v) is 34.8. The summed E-state index contributed by atoms with van der Waals surface area (Å²) in [5.41, 5.74) is 21.2. The van der Waals surface area contributed by atoms with Crippen molar-refractivity contribution in [3.8, 4) is 22.3 Å².